The van der Waals surface area contributed by atoms with E-state index in [-0.39, 0.29) is 6.61 Å². The largest absolute Gasteiger partial charge is 0.392 e. The minimum absolute atomic E-state index is 0.130. The highest BCUT2D eigenvalue weighted by atomic mass is 16.3. The van der Waals surface area contributed by atoms with Gasteiger partial charge in [-0.05, 0) is 24.1 Å². The number of hydrogen-bond donors (Lipinski definition) is 2. The van der Waals surface area contributed by atoms with Crippen molar-refractivity contribution >= 4 is 6.08 Å². The van der Waals surface area contributed by atoms with Gasteiger partial charge >= 0.3 is 0 Å². The van der Waals surface area contributed by atoms with Crippen molar-refractivity contribution in [2.45, 2.75) is 6.92 Å². The molecule has 0 atom stereocenters. The molecule has 0 unspecified atom stereocenters. The summed E-state index contributed by atoms with van der Waals surface area (Å²) in [7, 11) is 0. The molecule has 54 valence electrons. The van der Waals surface area contributed by atoms with Crippen LogP contribution in [0.4, 0.5) is 0 Å². The molecule has 0 amide bonds. The van der Waals surface area contributed by atoms with E-state index in [0.717, 1.165) is 11.1 Å². The van der Waals surface area contributed by atoms with Crippen LogP contribution in [0.25, 0.3) is 6.08 Å². The SMILES string of the molecule is C/C(=C/c1cc[nH]c1)CO. The number of aliphatic hydroxyl groups excluding tert-OH is 1. The standard InChI is InChI=1S/C8H11NO/c1-7(6-10)4-8-2-3-9-5-8/h2-5,9-10H,6H2,1H3/b7-4-. The predicted molar refractivity (Wildman–Crippen MR) is 41.5 cm³/mol. The maximum atomic E-state index is 8.66. The van der Waals surface area contributed by atoms with E-state index in [2.05, 4.69) is 4.98 Å². The van der Waals surface area contributed by atoms with Crippen molar-refractivity contribution in [3.63, 3.8) is 0 Å². The van der Waals surface area contributed by atoms with Gasteiger partial charge in [0.15, 0.2) is 0 Å². The number of H-pyrrole nitrogens is 1. The van der Waals surface area contributed by atoms with Gasteiger partial charge < -0.3 is 10.1 Å². The molecule has 1 aromatic heterocycles. The fourth-order valence-corrected chi connectivity index (χ4v) is 0.757. The Morgan fingerprint density at radius 2 is 2.60 bits per heavy atom. The lowest BCUT2D eigenvalue weighted by atomic mass is 10.2. The Morgan fingerprint density at radius 1 is 1.80 bits per heavy atom. The summed E-state index contributed by atoms with van der Waals surface area (Å²) in [6.07, 6.45) is 5.69. The number of aromatic nitrogens is 1. The minimum Gasteiger partial charge on any atom is -0.392 e. The third-order valence-electron chi connectivity index (χ3n) is 1.28. The van der Waals surface area contributed by atoms with Gasteiger partial charge in [0.25, 0.3) is 0 Å². The van der Waals surface area contributed by atoms with E-state index in [0.29, 0.717) is 0 Å². The molecule has 10 heavy (non-hydrogen) atoms. The van der Waals surface area contributed by atoms with Crippen LogP contribution in [-0.4, -0.2) is 16.7 Å². The van der Waals surface area contributed by atoms with Crippen LogP contribution in [0.3, 0.4) is 0 Å². The highest BCUT2D eigenvalue weighted by Crippen LogP contribution is 2.03. The second-order valence-corrected chi connectivity index (χ2v) is 2.29. The van der Waals surface area contributed by atoms with Crippen LogP contribution >= 0.6 is 0 Å². The predicted octanol–water partition coefficient (Wildman–Crippen LogP) is 1.41. The number of aromatic amines is 1. The van der Waals surface area contributed by atoms with E-state index in [4.69, 9.17) is 5.11 Å². The molecule has 1 aromatic rings. The minimum atomic E-state index is 0.130. The molecule has 1 heterocycles. The molecular weight excluding hydrogens is 126 g/mol. The van der Waals surface area contributed by atoms with Crippen LogP contribution in [0.5, 0.6) is 0 Å². The van der Waals surface area contributed by atoms with Gasteiger partial charge in [-0.3, -0.25) is 0 Å². The molecule has 0 spiro atoms. The zero-order chi connectivity index (χ0) is 7.40. The summed E-state index contributed by atoms with van der Waals surface area (Å²) in [5.41, 5.74) is 2.08. The van der Waals surface area contributed by atoms with Crippen LogP contribution in [-0.2, 0) is 0 Å². The molecule has 0 aliphatic rings. The highest BCUT2D eigenvalue weighted by molar-refractivity contribution is 5.51. The van der Waals surface area contributed by atoms with Gasteiger partial charge in [-0.25, -0.2) is 0 Å². The van der Waals surface area contributed by atoms with Gasteiger partial charge in [0, 0.05) is 12.4 Å². The van der Waals surface area contributed by atoms with Crippen LogP contribution in [0.2, 0.25) is 0 Å². The zero-order valence-corrected chi connectivity index (χ0v) is 5.96. The van der Waals surface area contributed by atoms with Crippen LogP contribution in [0, 0.1) is 0 Å². The summed E-state index contributed by atoms with van der Waals surface area (Å²) in [6.45, 7) is 2.03. The molecule has 0 bridgehead atoms. The lowest BCUT2D eigenvalue weighted by molar-refractivity contribution is 0.332. The molecule has 2 heteroatoms. The van der Waals surface area contributed by atoms with Gasteiger partial charge in [0.2, 0.25) is 0 Å². The molecule has 2 nitrogen and oxygen atoms in total. The highest BCUT2D eigenvalue weighted by Gasteiger charge is 1.87. The van der Waals surface area contributed by atoms with Crippen molar-refractivity contribution in [2.24, 2.45) is 0 Å². The van der Waals surface area contributed by atoms with Crippen molar-refractivity contribution in [3.05, 3.63) is 29.6 Å². The molecule has 1 rings (SSSR count). The van der Waals surface area contributed by atoms with Crippen molar-refractivity contribution in [1.82, 2.24) is 4.98 Å². The first-order valence-electron chi connectivity index (χ1n) is 3.24. The van der Waals surface area contributed by atoms with Crippen LogP contribution in [0.1, 0.15) is 12.5 Å². The number of rotatable bonds is 2. The summed E-state index contributed by atoms with van der Waals surface area (Å²) in [4.78, 5) is 2.93. The molecule has 0 fully saturated rings. The summed E-state index contributed by atoms with van der Waals surface area (Å²) >= 11 is 0. The van der Waals surface area contributed by atoms with Crippen molar-refractivity contribution in [2.75, 3.05) is 6.61 Å². The Bertz CT molecular complexity index is 211. The normalized spacial score (nSPS) is 12.0. The van der Waals surface area contributed by atoms with Gasteiger partial charge in [-0.2, -0.15) is 0 Å². The summed E-state index contributed by atoms with van der Waals surface area (Å²) in [6, 6.07) is 1.96. The molecule has 0 aliphatic carbocycles. The van der Waals surface area contributed by atoms with Crippen molar-refractivity contribution in [1.29, 1.82) is 0 Å². The summed E-state index contributed by atoms with van der Waals surface area (Å²) in [5.74, 6) is 0. The second kappa shape index (κ2) is 3.22. The Labute approximate surface area is 60.2 Å². The Kier molecular flexibility index (Phi) is 2.29. The first kappa shape index (κ1) is 7.09. The molecular formula is C8H11NO. The number of hydrogen-bond acceptors (Lipinski definition) is 1. The fraction of sp³-hybridized carbons (Fsp3) is 0.250. The maximum absolute atomic E-state index is 8.66. The lowest BCUT2D eigenvalue weighted by Gasteiger charge is -1.90. The van der Waals surface area contributed by atoms with Gasteiger partial charge in [-0.15, -0.1) is 0 Å². The first-order chi connectivity index (χ1) is 4.83. The summed E-state index contributed by atoms with van der Waals surface area (Å²) < 4.78 is 0. The van der Waals surface area contributed by atoms with Gasteiger partial charge in [-0.1, -0.05) is 6.08 Å². The number of nitrogens with one attached hydrogen (secondary N) is 1. The average Bonchev–Trinajstić information content (AvgIpc) is 2.40. The summed E-state index contributed by atoms with van der Waals surface area (Å²) in [5, 5.41) is 8.66. The van der Waals surface area contributed by atoms with Gasteiger partial charge in [0.1, 0.15) is 0 Å². The average molecular weight is 137 g/mol. The van der Waals surface area contributed by atoms with Crippen molar-refractivity contribution < 1.29 is 5.11 Å². The fourth-order valence-electron chi connectivity index (χ4n) is 0.757. The lowest BCUT2D eigenvalue weighted by Crippen LogP contribution is -1.81. The molecule has 0 radical (unpaired) electrons. The van der Waals surface area contributed by atoms with E-state index in [1.54, 1.807) is 0 Å². The van der Waals surface area contributed by atoms with E-state index in [1.807, 2.05) is 31.5 Å². The molecule has 0 saturated heterocycles. The molecule has 0 saturated carbocycles. The van der Waals surface area contributed by atoms with E-state index in [9.17, 15) is 0 Å². The monoisotopic (exact) mass is 137 g/mol. The third kappa shape index (κ3) is 1.74. The second-order valence-electron chi connectivity index (χ2n) is 2.29. The Hall–Kier alpha value is -1.02. The zero-order valence-electron chi connectivity index (χ0n) is 5.96. The Balaban J connectivity index is 2.71. The molecule has 0 aromatic carbocycles. The molecule has 2 N–H and O–H groups in total. The number of aliphatic hydroxyl groups is 1. The topological polar surface area (TPSA) is 36.0 Å². The van der Waals surface area contributed by atoms with Crippen molar-refractivity contribution in [3.8, 4) is 0 Å². The first-order valence-corrected chi connectivity index (χ1v) is 3.24. The van der Waals surface area contributed by atoms with E-state index in [1.165, 1.54) is 0 Å². The van der Waals surface area contributed by atoms with Crippen LogP contribution in [0.15, 0.2) is 24.0 Å². The van der Waals surface area contributed by atoms with Gasteiger partial charge in [0.05, 0.1) is 6.61 Å². The third-order valence-corrected chi connectivity index (χ3v) is 1.28. The Morgan fingerprint density at radius 3 is 3.10 bits per heavy atom. The quantitative estimate of drug-likeness (QED) is 0.635. The maximum Gasteiger partial charge on any atom is 0.0642 e. The smallest absolute Gasteiger partial charge is 0.0642 e. The van der Waals surface area contributed by atoms with E-state index >= 15 is 0 Å². The van der Waals surface area contributed by atoms with Crippen LogP contribution < -0.4 is 0 Å². The van der Waals surface area contributed by atoms with E-state index < -0.39 is 0 Å². The molecule has 0 aliphatic heterocycles.